The number of rotatable bonds is 5. The second-order valence-electron chi connectivity index (χ2n) is 5.32. The number of hydrogen-bond donors (Lipinski definition) is 1. The maximum atomic E-state index is 12.3. The molecule has 0 bridgehead atoms. The van der Waals surface area contributed by atoms with Crippen LogP contribution in [0.4, 0.5) is 0 Å². The maximum absolute atomic E-state index is 12.3. The van der Waals surface area contributed by atoms with Crippen LogP contribution in [0.2, 0.25) is 0 Å². The Balaban J connectivity index is 2.11. The standard InChI is InChI=1S/C14H22N2O3S/c1-11(19-2)10-20(17,18)16-8-13(14(15)9-16)12-6-4-3-5-7-12/h3-7,11,13-14H,8-10,15H2,1-2H3/t11?,13-,14+/m0/s1. The molecule has 1 aliphatic heterocycles. The number of hydrogen-bond acceptors (Lipinski definition) is 4. The first-order valence-electron chi connectivity index (χ1n) is 6.75. The largest absolute Gasteiger partial charge is 0.381 e. The van der Waals surface area contributed by atoms with Crippen molar-refractivity contribution in [1.82, 2.24) is 4.31 Å². The van der Waals surface area contributed by atoms with Crippen LogP contribution in [-0.4, -0.2) is 50.8 Å². The third-order valence-corrected chi connectivity index (χ3v) is 5.78. The molecule has 3 atom stereocenters. The fraction of sp³-hybridized carbons (Fsp3) is 0.571. The zero-order chi connectivity index (χ0) is 14.8. The molecular formula is C14H22N2O3S. The Labute approximate surface area is 120 Å². The van der Waals surface area contributed by atoms with E-state index >= 15 is 0 Å². The molecule has 0 saturated carbocycles. The van der Waals surface area contributed by atoms with Crippen molar-refractivity contribution in [2.24, 2.45) is 5.73 Å². The SMILES string of the molecule is COC(C)CS(=O)(=O)N1C[C@@H](N)[C@H](c2ccccc2)C1. The minimum Gasteiger partial charge on any atom is -0.381 e. The smallest absolute Gasteiger partial charge is 0.216 e. The number of methoxy groups -OCH3 is 1. The lowest BCUT2D eigenvalue weighted by Crippen LogP contribution is -2.36. The molecule has 1 heterocycles. The Morgan fingerprint density at radius 1 is 1.35 bits per heavy atom. The molecule has 5 nitrogen and oxygen atoms in total. The van der Waals surface area contributed by atoms with E-state index in [9.17, 15) is 8.42 Å². The number of nitrogens with two attached hydrogens (primary N) is 1. The van der Waals surface area contributed by atoms with Gasteiger partial charge in [-0.15, -0.1) is 0 Å². The topological polar surface area (TPSA) is 72.6 Å². The van der Waals surface area contributed by atoms with Crippen molar-refractivity contribution in [3.8, 4) is 0 Å². The summed E-state index contributed by atoms with van der Waals surface area (Å²) in [5, 5.41) is 0. The van der Waals surface area contributed by atoms with Gasteiger partial charge in [0.25, 0.3) is 0 Å². The first-order valence-corrected chi connectivity index (χ1v) is 8.36. The Kier molecular flexibility index (Phi) is 4.80. The molecule has 0 spiro atoms. The van der Waals surface area contributed by atoms with Crippen LogP contribution in [0.1, 0.15) is 18.4 Å². The van der Waals surface area contributed by atoms with Gasteiger partial charge in [-0.05, 0) is 12.5 Å². The summed E-state index contributed by atoms with van der Waals surface area (Å²) in [7, 11) is -1.80. The normalized spacial score (nSPS) is 25.8. The molecule has 112 valence electrons. The van der Waals surface area contributed by atoms with Gasteiger partial charge in [-0.25, -0.2) is 8.42 Å². The van der Waals surface area contributed by atoms with E-state index in [0.29, 0.717) is 13.1 Å². The molecular weight excluding hydrogens is 276 g/mol. The van der Waals surface area contributed by atoms with E-state index in [-0.39, 0.29) is 23.8 Å². The van der Waals surface area contributed by atoms with E-state index in [4.69, 9.17) is 10.5 Å². The third kappa shape index (κ3) is 3.38. The quantitative estimate of drug-likeness (QED) is 0.872. The number of sulfonamides is 1. The van der Waals surface area contributed by atoms with Crippen LogP contribution in [0.25, 0.3) is 0 Å². The molecule has 20 heavy (non-hydrogen) atoms. The van der Waals surface area contributed by atoms with Crippen LogP contribution in [0, 0.1) is 0 Å². The third-order valence-electron chi connectivity index (χ3n) is 3.80. The maximum Gasteiger partial charge on any atom is 0.216 e. The first kappa shape index (κ1) is 15.4. The predicted molar refractivity (Wildman–Crippen MR) is 79.0 cm³/mol. The van der Waals surface area contributed by atoms with Gasteiger partial charge in [0, 0.05) is 32.2 Å². The second-order valence-corrected chi connectivity index (χ2v) is 7.34. The summed E-state index contributed by atoms with van der Waals surface area (Å²) in [6, 6.07) is 9.68. The lowest BCUT2D eigenvalue weighted by molar-refractivity contribution is 0.135. The van der Waals surface area contributed by atoms with Crippen LogP contribution in [-0.2, 0) is 14.8 Å². The van der Waals surface area contributed by atoms with Crippen molar-refractivity contribution in [2.45, 2.75) is 25.0 Å². The molecule has 1 aliphatic rings. The van der Waals surface area contributed by atoms with E-state index in [1.165, 1.54) is 11.4 Å². The monoisotopic (exact) mass is 298 g/mol. The molecule has 1 aromatic carbocycles. The summed E-state index contributed by atoms with van der Waals surface area (Å²) in [5.41, 5.74) is 7.22. The van der Waals surface area contributed by atoms with Gasteiger partial charge in [0.15, 0.2) is 0 Å². The van der Waals surface area contributed by atoms with E-state index in [1.54, 1.807) is 6.92 Å². The van der Waals surface area contributed by atoms with Gasteiger partial charge in [0.1, 0.15) is 0 Å². The summed E-state index contributed by atoms with van der Waals surface area (Å²) in [4.78, 5) is 0. The zero-order valence-corrected chi connectivity index (χ0v) is 12.7. The summed E-state index contributed by atoms with van der Waals surface area (Å²) < 4.78 is 31.2. The molecule has 2 rings (SSSR count). The van der Waals surface area contributed by atoms with E-state index in [0.717, 1.165) is 5.56 Å². The van der Waals surface area contributed by atoms with Crippen LogP contribution in [0.15, 0.2) is 30.3 Å². The van der Waals surface area contributed by atoms with Gasteiger partial charge in [-0.1, -0.05) is 30.3 Å². The molecule has 6 heteroatoms. The molecule has 2 N–H and O–H groups in total. The summed E-state index contributed by atoms with van der Waals surface area (Å²) in [5.74, 6) is 0.0568. The highest BCUT2D eigenvalue weighted by Crippen LogP contribution is 2.28. The zero-order valence-electron chi connectivity index (χ0n) is 11.9. The van der Waals surface area contributed by atoms with E-state index in [2.05, 4.69) is 0 Å². The highest BCUT2D eigenvalue weighted by Gasteiger charge is 2.37. The first-order chi connectivity index (χ1) is 9.44. The van der Waals surface area contributed by atoms with Crippen LogP contribution in [0.3, 0.4) is 0 Å². The van der Waals surface area contributed by atoms with Crippen molar-refractivity contribution >= 4 is 10.0 Å². The van der Waals surface area contributed by atoms with Gasteiger partial charge >= 0.3 is 0 Å². The average molecular weight is 298 g/mol. The minimum absolute atomic E-state index is 0.00225. The summed E-state index contributed by atoms with van der Waals surface area (Å²) in [6.07, 6.45) is -0.313. The average Bonchev–Trinajstić information content (AvgIpc) is 2.82. The number of nitrogens with zero attached hydrogens (tertiary/aromatic N) is 1. The highest BCUT2D eigenvalue weighted by molar-refractivity contribution is 7.89. The van der Waals surface area contributed by atoms with Crippen molar-refractivity contribution in [3.05, 3.63) is 35.9 Å². The van der Waals surface area contributed by atoms with Gasteiger partial charge in [0.05, 0.1) is 11.9 Å². The van der Waals surface area contributed by atoms with Gasteiger partial charge in [-0.3, -0.25) is 0 Å². The van der Waals surface area contributed by atoms with E-state index < -0.39 is 10.0 Å². The second kappa shape index (κ2) is 6.22. The Morgan fingerprint density at radius 2 is 2.00 bits per heavy atom. The number of ether oxygens (including phenoxy) is 1. The molecule has 0 aliphatic carbocycles. The molecule has 0 aromatic heterocycles. The van der Waals surface area contributed by atoms with Crippen molar-refractivity contribution in [3.63, 3.8) is 0 Å². The fourth-order valence-corrected chi connectivity index (χ4v) is 4.27. The molecule has 1 unspecified atom stereocenters. The Hall–Kier alpha value is -0.950. The minimum atomic E-state index is -3.32. The lowest BCUT2D eigenvalue weighted by atomic mass is 9.95. The number of benzene rings is 1. The summed E-state index contributed by atoms with van der Waals surface area (Å²) >= 11 is 0. The van der Waals surface area contributed by atoms with Crippen LogP contribution >= 0.6 is 0 Å². The highest BCUT2D eigenvalue weighted by atomic mass is 32.2. The van der Waals surface area contributed by atoms with Gasteiger partial charge in [0.2, 0.25) is 10.0 Å². The van der Waals surface area contributed by atoms with Crippen molar-refractivity contribution < 1.29 is 13.2 Å². The molecule has 1 aromatic rings. The molecule has 1 saturated heterocycles. The van der Waals surface area contributed by atoms with Gasteiger partial charge < -0.3 is 10.5 Å². The van der Waals surface area contributed by atoms with E-state index in [1.807, 2.05) is 30.3 Å². The molecule has 0 radical (unpaired) electrons. The summed E-state index contributed by atoms with van der Waals surface area (Å²) in [6.45, 7) is 2.57. The predicted octanol–water partition coefficient (Wildman–Crippen LogP) is 0.778. The lowest BCUT2D eigenvalue weighted by Gasteiger charge is -2.18. The molecule has 1 fully saturated rings. The van der Waals surface area contributed by atoms with Crippen LogP contribution in [0.5, 0.6) is 0 Å². The Bertz CT molecular complexity index is 533. The fourth-order valence-electron chi connectivity index (χ4n) is 2.54. The van der Waals surface area contributed by atoms with Crippen molar-refractivity contribution in [2.75, 3.05) is 26.0 Å². The molecule has 0 amide bonds. The van der Waals surface area contributed by atoms with Gasteiger partial charge in [-0.2, -0.15) is 4.31 Å². The Morgan fingerprint density at radius 3 is 2.60 bits per heavy atom. The van der Waals surface area contributed by atoms with Crippen LogP contribution < -0.4 is 5.73 Å². The van der Waals surface area contributed by atoms with Crippen molar-refractivity contribution in [1.29, 1.82) is 0 Å².